The zero-order chi connectivity index (χ0) is 17.6. The van der Waals surface area contributed by atoms with Crippen molar-refractivity contribution in [2.24, 2.45) is 0 Å². The summed E-state index contributed by atoms with van der Waals surface area (Å²) >= 11 is 0. The number of rotatable bonds is 8. The number of hydrogen-bond acceptors (Lipinski definition) is 4. The molecule has 0 aliphatic heterocycles. The molecular formula is C17H20FNO4S. The molecule has 7 heteroatoms. The molecule has 0 radical (unpaired) electrons. The Hall–Kier alpha value is -2.12. The van der Waals surface area contributed by atoms with Gasteiger partial charge in [-0.2, -0.15) is 0 Å². The summed E-state index contributed by atoms with van der Waals surface area (Å²) in [7, 11) is -2.09. The van der Waals surface area contributed by atoms with E-state index in [0.717, 1.165) is 0 Å². The van der Waals surface area contributed by atoms with Crippen molar-refractivity contribution in [2.75, 3.05) is 13.7 Å². The Labute approximate surface area is 141 Å². The maximum Gasteiger partial charge on any atom is 0.216 e. The molecule has 0 bridgehead atoms. The highest BCUT2D eigenvalue weighted by atomic mass is 32.2. The van der Waals surface area contributed by atoms with Crippen LogP contribution in [0.25, 0.3) is 0 Å². The van der Waals surface area contributed by atoms with Crippen LogP contribution in [0.1, 0.15) is 12.5 Å². The molecular weight excluding hydrogens is 333 g/mol. The Balaban J connectivity index is 1.88. The Bertz CT molecular complexity index is 762. The van der Waals surface area contributed by atoms with E-state index in [1.54, 1.807) is 44.4 Å². The summed E-state index contributed by atoms with van der Waals surface area (Å²) in [5.74, 6) is 0.369. The second-order valence-corrected chi connectivity index (χ2v) is 7.11. The smallest absolute Gasteiger partial charge is 0.216 e. The van der Waals surface area contributed by atoms with Crippen LogP contribution in [-0.4, -0.2) is 28.2 Å². The Morgan fingerprint density at radius 1 is 1.08 bits per heavy atom. The van der Waals surface area contributed by atoms with E-state index in [4.69, 9.17) is 9.47 Å². The standard InChI is InChI=1S/C17H20FNO4S/c1-13(11-23-16-9-7-15(22-2)8-10-16)19-24(20,21)12-14-5-3-4-6-17(14)18/h3-10,13,19H,11-12H2,1-2H3. The average Bonchev–Trinajstić information content (AvgIpc) is 2.55. The molecule has 0 aliphatic rings. The van der Waals surface area contributed by atoms with Gasteiger partial charge in [0.15, 0.2) is 0 Å². The van der Waals surface area contributed by atoms with E-state index in [2.05, 4.69) is 4.72 Å². The number of ether oxygens (including phenoxy) is 2. The van der Waals surface area contributed by atoms with Crippen LogP contribution in [0.2, 0.25) is 0 Å². The number of hydrogen-bond donors (Lipinski definition) is 1. The molecule has 2 aromatic rings. The SMILES string of the molecule is COc1ccc(OCC(C)NS(=O)(=O)Cc2ccccc2F)cc1. The van der Waals surface area contributed by atoms with Crippen molar-refractivity contribution in [3.8, 4) is 11.5 Å². The van der Waals surface area contributed by atoms with Crippen molar-refractivity contribution < 1.29 is 22.3 Å². The highest BCUT2D eigenvalue weighted by molar-refractivity contribution is 7.88. The first-order valence-corrected chi connectivity index (χ1v) is 9.05. The predicted octanol–water partition coefficient (Wildman–Crippen LogP) is 2.72. The topological polar surface area (TPSA) is 64.6 Å². The lowest BCUT2D eigenvalue weighted by Crippen LogP contribution is -2.37. The van der Waals surface area contributed by atoms with Crippen LogP contribution < -0.4 is 14.2 Å². The fourth-order valence-corrected chi connectivity index (χ4v) is 3.50. The van der Waals surface area contributed by atoms with Crippen LogP contribution in [-0.2, 0) is 15.8 Å². The molecule has 0 saturated carbocycles. The summed E-state index contributed by atoms with van der Waals surface area (Å²) in [5.41, 5.74) is 0.133. The minimum absolute atomic E-state index is 0.133. The first-order chi connectivity index (χ1) is 11.4. The summed E-state index contributed by atoms with van der Waals surface area (Å²) in [6.45, 7) is 1.84. The predicted molar refractivity (Wildman–Crippen MR) is 90.1 cm³/mol. The van der Waals surface area contributed by atoms with Gasteiger partial charge in [-0.1, -0.05) is 18.2 Å². The summed E-state index contributed by atoms with van der Waals surface area (Å²) in [4.78, 5) is 0. The van der Waals surface area contributed by atoms with Gasteiger partial charge in [-0.15, -0.1) is 0 Å². The van der Waals surface area contributed by atoms with Gasteiger partial charge in [0.1, 0.15) is 23.9 Å². The fraction of sp³-hybridized carbons (Fsp3) is 0.294. The van der Waals surface area contributed by atoms with E-state index in [9.17, 15) is 12.8 Å². The minimum atomic E-state index is -3.66. The summed E-state index contributed by atoms with van der Waals surface area (Å²) < 4.78 is 50.8. The van der Waals surface area contributed by atoms with E-state index in [0.29, 0.717) is 11.5 Å². The third-order valence-electron chi connectivity index (χ3n) is 3.24. The van der Waals surface area contributed by atoms with Gasteiger partial charge in [0, 0.05) is 5.56 Å². The van der Waals surface area contributed by atoms with Crippen molar-refractivity contribution in [1.29, 1.82) is 0 Å². The van der Waals surface area contributed by atoms with Gasteiger partial charge in [-0.3, -0.25) is 0 Å². The van der Waals surface area contributed by atoms with Crippen molar-refractivity contribution in [2.45, 2.75) is 18.7 Å². The van der Waals surface area contributed by atoms with Crippen molar-refractivity contribution in [1.82, 2.24) is 4.72 Å². The molecule has 0 heterocycles. The van der Waals surface area contributed by atoms with Crippen LogP contribution in [0.3, 0.4) is 0 Å². The molecule has 0 spiro atoms. The van der Waals surface area contributed by atoms with Crippen molar-refractivity contribution in [3.63, 3.8) is 0 Å². The van der Waals surface area contributed by atoms with Gasteiger partial charge in [-0.25, -0.2) is 17.5 Å². The quantitative estimate of drug-likeness (QED) is 0.792. The van der Waals surface area contributed by atoms with Crippen LogP contribution in [0.4, 0.5) is 4.39 Å². The van der Waals surface area contributed by atoms with Gasteiger partial charge in [-0.05, 0) is 37.3 Å². The van der Waals surface area contributed by atoms with E-state index < -0.39 is 27.6 Å². The Morgan fingerprint density at radius 3 is 2.33 bits per heavy atom. The van der Waals surface area contributed by atoms with Crippen LogP contribution in [0.15, 0.2) is 48.5 Å². The zero-order valence-corrected chi connectivity index (χ0v) is 14.3. The van der Waals surface area contributed by atoms with Crippen LogP contribution in [0, 0.1) is 5.82 Å². The molecule has 2 rings (SSSR count). The molecule has 1 N–H and O–H groups in total. The number of nitrogens with one attached hydrogen (secondary N) is 1. The first-order valence-electron chi connectivity index (χ1n) is 7.40. The van der Waals surface area contributed by atoms with Gasteiger partial charge >= 0.3 is 0 Å². The van der Waals surface area contributed by atoms with Crippen LogP contribution >= 0.6 is 0 Å². The van der Waals surface area contributed by atoms with E-state index in [-0.39, 0.29) is 12.2 Å². The lowest BCUT2D eigenvalue weighted by atomic mass is 10.2. The third-order valence-corrected chi connectivity index (χ3v) is 4.70. The minimum Gasteiger partial charge on any atom is -0.497 e. The fourth-order valence-electron chi connectivity index (χ4n) is 2.10. The van der Waals surface area contributed by atoms with E-state index >= 15 is 0 Å². The summed E-state index contributed by atoms with van der Waals surface area (Å²) in [5, 5.41) is 0. The Morgan fingerprint density at radius 2 is 1.71 bits per heavy atom. The average molecular weight is 353 g/mol. The van der Waals surface area contributed by atoms with Gasteiger partial charge < -0.3 is 9.47 Å². The second kappa shape index (κ2) is 8.12. The maximum atomic E-state index is 13.6. The maximum absolute atomic E-state index is 13.6. The molecule has 5 nitrogen and oxygen atoms in total. The third kappa shape index (κ3) is 5.50. The van der Waals surface area contributed by atoms with E-state index in [1.807, 2.05) is 0 Å². The second-order valence-electron chi connectivity index (χ2n) is 5.36. The molecule has 2 aromatic carbocycles. The van der Waals surface area contributed by atoms with Gasteiger partial charge in [0.05, 0.1) is 18.9 Å². The Kier molecular flexibility index (Phi) is 6.16. The van der Waals surface area contributed by atoms with Gasteiger partial charge in [0.2, 0.25) is 10.0 Å². The monoisotopic (exact) mass is 353 g/mol. The lowest BCUT2D eigenvalue weighted by Gasteiger charge is -2.15. The normalized spacial score (nSPS) is 12.6. The zero-order valence-electron chi connectivity index (χ0n) is 13.5. The highest BCUT2D eigenvalue weighted by Crippen LogP contribution is 2.17. The molecule has 0 saturated heterocycles. The number of benzene rings is 2. The largest absolute Gasteiger partial charge is 0.497 e. The number of sulfonamides is 1. The summed E-state index contributed by atoms with van der Waals surface area (Å²) in [6, 6.07) is 12.3. The number of halogens is 1. The molecule has 0 fully saturated rings. The van der Waals surface area contributed by atoms with Gasteiger partial charge in [0.25, 0.3) is 0 Å². The molecule has 0 aliphatic carbocycles. The molecule has 0 aromatic heterocycles. The lowest BCUT2D eigenvalue weighted by molar-refractivity contribution is 0.287. The molecule has 1 unspecified atom stereocenters. The molecule has 130 valence electrons. The first kappa shape index (κ1) is 18.2. The van der Waals surface area contributed by atoms with Crippen molar-refractivity contribution in [3.05, 3.63) is 59.9 Å². The molecule has 1 atom stereocenters. The highest BCUT2D eigenvalue weighted by Gasteiger charge is 2.17. The summed E-state index contributed by atoms with van der Waals surface area (Å²) in [6.07, 6.45) is 0. The van der Waals surface area contributed by atoms with E-state index in [1.165, 1.54) is 18.2 Å². The van der Waals surface area contributed by atoms with Crippen LogP contribution in [0.5, 0.6) is 11.5 Å². The number of methoxy groups -OCH3 is 1. The molecule has 24 heavy (non-hydrogen) atoms. The molecule has 0 amide bonds. The van der Waals surface area contributed by atoms with Crippen molar-refractivity contribution >= 4 is 10.0 Å².